The molecule has 4 nitrogen and oxygen atoms in total. The van der Waals surface area contributed by atoms with Crippen LogP contribution in [0.2, 0.25) is 0 Å². The maximum absolute atomic E-state index is 4.54. The van der Waals surface area contributed by atoms with Crippen LogP contribution in [0, 0.1) is 12.8 Å². The highest BCUT2D eigenvalue weighted by molar-refractivity contribution is 7.18. The minimum Gasteiger partial charge on any atom is -0.369 e. The molecule has 0 aromatic carbocycles. The Morgan fingerprint density at radius 1 is 1.37 bits per heavy atom. The van der Waals surface area contributed by atoms with Gasteiger partial charge in [0, 0.05) is 18.5 Å². The van der Waals surface area contributed by atoms with Crippen molar-refractivity contribution >= 4 is 33.3 Å². The Labute approximate surface area is 117 Å². The molecular weight excluding hydrogens is 256 g/mol. The summed E-state index contributed by atoms with van der Waals surface area (Å²) in [7, 11) is 1.86. The summed E-state index contributed by atoms with van der Waals surface area (Å²) < 4.78 is 0. The van der Waals surface area contributed by atoms with Crippen LogP contribution in [0.4, 0.5) is 11.8 Å². The molecule has 2 aromatic rings. The highest BCUT2D eigenvalue weighted by Gasteiger charge is 2.20. The Hall–Kier alpha value is -1.36. The summed E-state index contributed by atoms with van der Waals surface area (Å²) in [4.78, 5) is 11.4. The molecule has 1 aliphatic rings. The zero-order valence-corrected chi connectivity index (χ0v) is 12.3. The molecule has 19 heavy (non-hydrogen) atoms. The van der Waals surface area contributed by atoms with Gasteiger partial charge in [-0.3, -0.25) is 0 Å². The van der Waals surface area contributed by atoms with Gasteiger partial charge in [0.05, 0.1) is 5.39 Å². The van der Waals surface area contributed by atoms with Crippen molar-refractivity contribution in [3.05, 3.63) is 10.9 Å². The second-order valence-corrected chi connectivity index (χ2v) is 6.47. The highest BCUT2D eigenvalue weighted by Crippen LogP contribution is 2.33. The maximum atomic E-state index is 4.54. The van der Waals surface area contributed by atoms with Gasteiger partial charge in [0.25, 0.3) is 0 Å². The van der Waals surface area contributed by atoms with Crippen LogP contribution in [0.25, 0.3) is 10.2 Å². The number of anilines is 2. The normalized spacial score (nSPS) is 14.8. The van der Waals surface area contributed by atoms with Gasteiger partial charge in [0.2, 0.25) is 5.95 Å². The predicted octanol–water partition coefficient (Wildman–Crippen LogP) is 3.64. The average Bonchev–Trinajstić information content (AvgIpc) is 3.14. The van der Waals surface area contributed by atoms with Crippen molar-refractivity contribution in [3.63, 3.8) is 0 Å². The summed E-state index contributed by atoms with van der Waals surface area (Å²) >= 11 is 1.72. The number of fused-ring (bicyclic) bond motifs is 1. The molecule has 0 spiro atoms. The van der Waals surface area contributed by atoms with Gasteiger partial charge in [-0.05, 0) is 31.7 Å². The van der Waals surface area contributed by atoms with Crippen molar-refractivity contribution in [2.45, 2.75) is 32.6 Å². The standard InChI is InChI=1S/C14H20N4S/c1-9-8-11-12(16-7-3-4-10-5-6-10)17-14(15-2)18-13(11)19-9/h8,10H,3-7H2,1-2H3,(H2,15,16,17,18). The van der Waals surface area contributed by atoms with Gasteiger partial charge in [0.1, 0.15) is 10.6 Å². The van der Waals surface area contributed by atoms with Gasteiger partial charge in [-0.25, -0.2) is 4.98 Å². The molecule has 2 N–H and O–H groups in total. The number of nitrogens with zero attached hydrogens (tertiary/aromatic N) is 2. The topological polar surface area (TPSA) is 49.8 Å². The molecule has 0 atom stereocenters. The largest absolute Gasteiger partial charge is 0.369 e. The van der Waals surface area contributed by atoms with Gasteiger partial charge in [-0.2, -0.15) is 4.98 Å². The van der Waals surface area contributed by atoms with Crippen molar-refractivity contribution < 1.29 is 0 Å². The SMILES string of the molecule is CNc1nc(NCCCC2CC2)c2cc(C)sc2n1. The Morgan fingerprint density at radius 2 is 2.21 bits per heavy atom. The van der Waals surface area contributed by atoms with Crippen molar-refractivity contribution in [3.8, 4) is 0 Å². The number of thiophene rings is 1. The van der Waals surface area contributed by atoms with E-state index in [0.29, 0.717) is 5.95 Å². The smallest absolute Gasteiger partial charge is 0.225 e. The van der Waals surface area contributed by atoms with Crippen molar-refractivity contribution in [1.82, 2.24) is 9.97 Å². The van der Waals surface area contributed by atoms with Gasteiger partial charge in [-0.15, -0.1) is 11.3 Å². The summed E-state index contributed by atoms with van der Waals surface area (Å²) in [5, 5.41) is 7.65. The Kier molecular flexibility index (Phi) is 3.55. The summed E-state index contributed by atoms with van der Waals surface area (Å²) in [6.45, 7) is 3.11. The number of hydrogen-bond donors (Lipinski definition) is 2. The number of nitrogens with one attached hydrogen (secondary N) is 2. The fourth-order valence-electron chi connectivity index (χ4n) is 2.29. The minimum atomic E-state index is 0.694. The fraction of sp³-hybridized carbons (Fsp3) is 0.571. The van der Waals surface area contributed by atoms with Crippen LogP contribution in [-0.2, 0) is 0 Å². The van der Waals surface area contributed by atoms with Crippen molar-refractivity contribution in [2.75, 3.05) is 24.2 Å². The zero-order chi connectivity index (χ0) is 13.2. The minimum absolute atomic E-state index is 0.694. The quantitative estimate of drug-likeness (QED) is 0.791. The second kappa shape index (κ2) is 5.33. The highest BCUT2D eigenvalue weighted by atomic mass is 32.1. The number of hydrogen-bond acceptors (Lipinski definition) is 5. The lowest BCUT2D eigenvalue weighted by atomic mass is 10.2. The number of aryl methyl sites for hydroxylation is 1. The monoisotopic (exact) mass is 276 g/mol. The van der Waals surface area contributed by atoms with Crippen molar-refractivity contribution in [1.29, 1.82) is 0 Å². The first-order chi connectivity index (χ1) is 9.26. The third-order valence-electron chi connectivity index (χ3n) is 3.52. The molecule has 5 heteroatoms. The summed E-state index contributed by atoms with van der Waals surface area (Å²) in [6, 6.07) is 2.17. The van der Waals surface area contributed by atoms with Gasteiger partial charge in [0.15, 0.2) is 0 Å². The van der Waals surface area contributed by atoms with E-state index in [9.17, 15) is 0 Å². The lowest BCUT2D eigenvalue weighted by Gasteiger charge is -2.08. The molecule has 3 rings (SSSR count). The Morgan fingerprint density at radius 3 is 2.95 bits per heavy atom. The average molecular weight is 276 g/mol. The number of aromatic nitrogens is 2. The van der Waals surface area contributed by atoms with Crippen LogP contribution >= 0.6 is 11.3 Å². The summed E-state index contributed by atoms with van der Waals surface area (Å²) in [5.74, 6) is 2.66. The molecule has 1 saturated carbocycles. The Bertz CT molecular complexity index is 574. The van der Waals surface area contributed by atoms with E-state index in [0.717, 1.165) is 28.5 Å². The molecule has 102 valence electrons. The van der Waals surface area contributed by atoms with E-state index in [1.807, 2.05) is 7.05 Å². The van der Waals surface area contributed by atoms with Gasteiger partial charge in [-0.1, -0.05) is 12.8 Å². The van der Waals surface area contributed by atoms with Crippen LogP contribution in [0.15, 0.2) is 6.07 Å². The van der Waals surface area contributed by atoms with Crippen molar-refractivity contribution in [2.24, 2.45) is 5.92 Å². The van der Waals surface area contributed by atoms with E-state index in [4.69, 9.17) is 0 Å². The van der Waals surface area contributed by atoms with E-state index >= 15 is 0 Å². The third-order valence-corrected chi connectivity index (χ3v) is 4.46. The number of rotatable bonds is 6. The molecular formula is C14H20N4S. The third kappa shape index (κ3) is 2.97. The summed E-state index contributed by atoms with van der Waals surface area (Å²) in [6.07, 6.45) is 5.45. The first-order valence-corrected chi connectivity index (χ1v) is 7.77. The molecule has 1 fully saturated rings. The van der Waals surface area contributed by atoms with E-state index in [1.165, 1.54) is 30.6 Å². The van der Waals surface area contributed by atoms with E-state index in [-0.39, 0.29) is 0 Å². The first kappa shape index (κ1) is 12.7. The van der Waals surface area contributed by atoms with Crippen LogP contribution in [0.3, 0.4) is 0 Å². The molecule has 0 unspecified atom stereocenters. The lowest BCUT2D eigenvalue weighted by Crippen LogP contribution is -2.06. The maximum Gasteiger partial charge on any atom is 0.225 e. The molecule has 0 bridgehead atoms. The van der Waals surface area contributed by atoms with E-state index < -0.39 is 0 Å². The van der Waals surface area contributed by atoms with Gasteiger partial charge < -0.3 is 10.6 Å². The van der Waals surface area contributed by atoms with E-state index in [1.54, 1.807) is 11.3 Å². The zero-order valence-electron chi connectivity index (χ0n) is 11.5. The van der Waals surface area contributed by atoms with E-state index in [2.05, 4.69) is 33.6 Å². The molecule has 2 aromatic heterocycles. The molecule has 0 amide bonds. The molecule has 1 aliphatic carbocycles. The van der Waals surface area contributed by atoms with Crippen LogP contribution < -0.4 is 10.6 Å². The first-order valence-electron chi connectivity index (χ1n) is 6.96. The van der Waals surface area contributed by atoms with Gasteiger partial charge >= 0.3 is 0 Å². The fourth-order valence-corrected chi connectivity index (χ4v) is 3.17. The summed E-state index contributed by atoms with van der Waals surface area (Å²) in [5.41, 5.74) is 0. The van der Waals surface area contributed by atoms with Crippen LogP contribution in [0.1, 0.15) is 30.6 Å². The molecule has 0 radical (unpaired) electrons. The second-order valence-electron chi connectivity index (χ2n) is 5.23. The molecule has 2 heterocycles. The molecule has 0 saturated heterocycles. The predicted molar refractivity (Wildman–Crippen MR) is 82.1 cm³/mol. The Balaban J connectivity index is 1.74. The lowest BCUT2D eigenvalue weighted by molar-refractivity contribution is 0.687. The van der Waals surface area contributed by atoms with Crippen LogP contribution in [0.5, 0.6) is 0 Å². The molecule has 0 aliphatic heterocycles. The van der Waals surface area contributed by atoms with Crippen LogP contribution in [-0.4, -0.2) is 23.6 Å².